The minimum absolute atomic E-state index is 0.0234. The van der Waals surface area contributed by atoms with Crippen molar-refractivity contribution in [1.29, 1.82) is 0 Å². The summed E-state index contributed by atoms with van der Waals surface area (Å²) < 4.78 is 51.9. The Bertz CT molecular complexity index is 580. The maximum atomic E-state index is 13.5. The summed E-state index contributed by atoms with van der Waals surface area (Å²) in [7, 11) is 0. The summed E-state index contributed by atoms with van der Waals surface area (Å²) in [5, 5.41) is 0. The Kier molecular flexibility index (Phi) is 3.74. The molecule has 1 aliphatic carbocycles. The van der Waals surface area contributed by atoms with Gasteiger partial charge in [0.25, 0.3) is 0 Å². The van der Waals surface area contributed by atoms with Crippen LogP contribution in [0.3, 0.4) is 0 Å². The standard InChI is InChI=1S/C16H21F3O4S/c1-8-3-4-11-9(7-24)12(16(17,18)19)20-13-15(11)10(8)5-6-14(2,21-13)22-23-15/h8,10-11,13,24H,3-7H2,1-2H3/t8-,10?,11+,13-,14-,15-/m1/s1. The van der Waals surface area contributed by atoms with Gasteiger partial charge in [-0.2, -0.15) is 25.8 Å². The van der Waals surface area contributed by atoms with Crippen molar-refractivity contribution in [2.24, 2.45) is 17.8 Å². The molecular formula is C16H21F3O4S. The molecule has 0 N–H and O–H groups in total. The highest BCUT2D eigenvalue weighted by Gasteiger charge is 2.69. The van der Waals surface area contributed by atoms with E-state index < -0.39 is 35.5 Å². The zero-order valence-corrected chi connectivity index (χ0v) is 14.5. The second-order valence-corrected chi connectivity index (χ2v) is 7.80. The van der Waals surface area contributed by atoms with Gasteiger partial charge in [-0.1, -0.05) is 6.92 Å². The fourth-order valence-corrected chi connectivity index (χ4v) is 5.28. The largest absolute Gasteiger partial charge is 0.456 e. The topological polar surface area (TPSA) is 36.9 Å². The van der Waals surface area contributed by atoms with Gasteiger partial charge in [0.2, 0.25) is 17.8 Å². The van der Waals surface area contributed by atoms with E-state index in [1.807, 2.05) is 0 Å². The molecule has 136 valence electrons. The number of thiol groups is 1. The molecular weight excluding hydrogens is 345 g/mol. The Morgan fingerprint density at radius 3 is 2.62 bits per heavy atom. The molecule has 1 unspecified atom stereocenters. The van der Waals surface area contributed by atoms with Crippen molar-refractivity contribution in [2.45, 2.75) is 63.4 Å². The van der Waals surface area contributed by atoms with E-state index in [-0.39, 0.29) is 17.2 Å². The second-order valence-electron chi connectivity index (χ2n) is 7.48. The van der Waals surface area contributed by atoms with E-state index in [1.54, 1.807) is 6.92 Å². The summed E-state index contributed by atoms with van der Waals surface area (Å²) in [6.07, 6.45) is -2.93. The van der Waals surface area contributed by atoms with Crippen molar-refractivity contribution in [2.75, 3.05) is 5.75 Å². The van der Waals surface area contributed by atoms with Crippen LogP contribution in [0.25, 0.3) is 0 Å². The van der Waals surface area contributed by atoms with Crippen molar-refractivity contribution in [3.63, 3.8) is 0 Å². The van der Waals surface area contributed by atoms with Crippen molar-refractivity contribution in [3.8, 4) is 0 Å². The first-order chi connectivity index (χ1) is 11.2. The number of hydrogen-bond donors (Lipinski definition) is 1. The zero-order valence-electron chi connectivity index (χ0n) is 13.6. The first-order valence-corrected chi connectivity index (χ1v) is 8.97. The summed E-state index contributed by atoms with van der Waals surface area (Å²) in [6.45, 7) is 3.80. The molecule has 8 heteroatoms. The number of rotatable bonds is 1. The van der Waals surface area contributed by atoms with E-state index in [4.69, 9.17) is 19.2 Å². The van der Waals surface area contributed by atoms with Gasteiger partial charge in [0, 0.05) is 24.0 Å². The fraction of sp³-hybridized carbons (Fsp3) is 0.875. The van der Waals surface area contributed by atoms with Gasteiger partial charge in [-0.3, -0.25) is 0 Å². The molecule has 6 atom stereocenters. The molecule has 0 amide bonds. The predicted molar refractivity (Wildman–Crippen MR) is 80.8 cm³/mol. The van der Waals surface area contributed by atoms with Crippen LogP contribution in [0.15, 0.2) is 11.3 Å². The first-order valence-electron chi connectivity index (χ1n) is 8.33. The number of halogens is 3. The molecule has 0 aromatic rings. The number of hydrogen-bond acceptors (Lipinski definition) is 5. The van der Waals surface area contributed by atoms with Crippen molar-refractivity contribution >= 4 is 12.6 Å². The summed E-state index contributed by atoms with van der Waals surface area (Å²) in [6, 6.07) is 0. The van der Waals surface area contributed by atoms with Crippen LogP contribution in [-0.4, -0.2) is 29.6 Å². The number of allylic oxidation sites excluding steroid dienone is 1. The Balaban J connectivity index is 1.88. The van der Waals surface area contributed by atoms with Gasteiger partial charge < -0.3 is 9.47 Å². The molecule has 3 saturated heterocycles. The smallest absolute Gasteiger partial charge is 0.449 e. The van der Waals surface area contributed by atoms with Crippen molar-refractivity contribution in [1.82, 2.24) is 0 Å². The van der Waals surface area contributed by atoms with E-state index >= 15 is 0 Å². The molecule has 0 aromatic carbocycles. The monoisotopic (exact) mass is 366 g/mol. The van der Waals surface area contributed by atoms with Crippen LogP contribution in [0.4, 0.5) is 13.2 Å². The normalized spacial score (nSPS) is 47.9. The van der Waals surface area contributed by atoms with Gasteiger partial charge in [-0.25, -0.2) is 9.78 Å². The SMILES string of the molecule is C[C@@H]1CC[C@H]2C(CS)=C(C(F)(F)F)O[C@@H]3O[C@@]4(C)CCC1[C@]32OO4. The summed E-state index contributed by atoms with van der Waals surface area (Å²) in [4.78, 5) is 11.4. The van der Waals surface area contributed by atoms with E-state index in [1.165, 1.54) is 0 Å². The lowest BCUT2D eigenvalue weighted by atomic mass is 9.59. The van der Waals surface area contributed by atoms with Gasteiger partial charge in [-0.05, 0) is 37.7 Å². The molecule has 4 heterocycles. The molecule has 4 nitrogen and oxygen atoms in total. The highest BCUT2D eigenvalue weighted by molar-refractivity contribution is 7.80. The van der Waals surface area contributed by atoms with E-state index in [9.17, 15) is 13.2 Å². The van der Waals surface area contributed by atoms with Gasteiger partial charge in [-0.15, -0.1) is 0 Å². The average Bonchev–Trinajstić information content (AvgIpc) is 2.74. The first kappa shape index (κ1) is 17.0. The van der Waals surface area contributed by atoms with Gasteiger partial charge in [0.15, 0.2) is 5.60 Å². The van der Waals surface area contributed by atoms with Crippen LogP contribution in [0.1, 0.15) is 39.5 Å². The van der Waals surface area contributed by atoms with Gasteiger partial charge in [0.1, 0.15) is 0 Å². The van der Waals surface area contributed by atoms with Crippen LogP contribution in [0, 0.1) is 17.8 Å². The second kappa shape index (κ2) is 5.28. The lowest BCUT2D eigenvalue weighted by Crippen LogP contribution is -2.67. The van der Waals surface area contributed by atoms with E-state index in [2.05, 4.69) is 19.6 Å². The third-order valence-electron chi connectivity index (χ3n) is 6.08. The average molecular weight is 366 g/mol. The van der Waals surface area contributed by atoms with Crippen molar-refractivity contribution < 1.29 is 32.4 Å². The summed E-state index contributed by atoms with van der Waals surface area (Å²) >= 11 is 4.16. The number of fused-ring (bicyclic) bond motifs is 2. The minimum Gasteiger partial charge on any atom is -0.456 e. The molecule has 1 saturated carbocycles. The highest BCUT2D eigenvalue weighted by Crippen LogP contribution is 2.61. The molecule has 2 bridgehead atoms. The molecule has 5 rings (SSSR count). The number of ether oxygens (including phenoxy) is 2. The Labute approximate surface area is 144 Å². The maximum absolute atomic E-state index is 13.5. The Morgan fingerprint density at radius 1 is 1.21 bits per heavy atom. The van der Waals surface area contributed by atoms with E-state index in [0.717, 1.165) is 12.8 Å². The van der Waals surface area contributed by atoms with Crippen LogP contribution >= 0.6 is 12.6 Å². The van der Waals surface area contributed by atoms with E-state index in [0.29, 0.717) is 18.8 Å². The van der Waals surface area contributed by atoms with Crippen LogP contribution in [-0.2, 0) is 19.2 Å². The van der Waals surface area contributed by atoms with Crippen LogP contribution in [0.5, 0.6) is 0 Å². The molecule has 0 aromatic heterocycles. The Hall–Kier alpha value is -0.440. The highest BCUT2D eigenvalue weighted by atomic mass is 32.1. The number of alkyl halides is 3. The molecule has 0 radical (unpaired) electrons. The quantitative estimate of drug-likeness (QED) is 0.563. The minimum atomic E-state index is -4.57. The molecule has 1 spiro atoms. The molecule has 4 fully saturated rings. The summed E-state index contributed by atoms with van der Waals surface area (Å²) in [5.41, 5.74) is -0.878. The molecule has 5 aliphatic rings. The fourth-order valence-electron chi connectivity index (χ4n) is 4.92. The third-order valence-corrected chi connectivity index (χ3v) is 6.42. The Morgan fingerprint density at radius 2 is 1.96 bits per heavy atom. The van der Waals surface area contributed by atoms with Gasteiger partial charge >= 0.3 is 6.18 Å². The maximum Gasteiger partial charge on any atom is 0.449 e. The zero-order chi connectivity index (χ0) is 17.3. The summed E-state index contributed by atoms with van der Waals surface area (Å²) in [5.74, 6) is -2.22. The molecule has 24 heavy (non-hydrogen) atoms. The van der Waals surface area contributed by atoms with Gasteiger partial charge in [0.05, 0.1) is 0 Å². The lowest BCUT2D eigenvalue weighted by molar-refractivity contribution is -0.557. The van der Waals surface area contributed by atoms with Crippen molar-refractivity contribution in [3.05, 3.63) is 11.3 Å². The molecule has 4 aliphatic heterocycles. The van der Waals surface area contributed by atoms with Crippen LogP contribution < -0.4 is 0 Å². The lowest BCUT2D eigenvalue weighted by Gasteiger charge is -2.57. The third kappa shape index (κ3) is 2.19. The van der Waals surface area contributed by atoms with Crippen LogP contribution in [0.2, 0.25) is 0 Å². The predicted octanol–water partition coefficient (Wildman–Crippen LogP) is 3.98.